The Hall–Kier alpha value is -3.66. The fraction of sp³-hybridized carbons (Fsp3) is 0.452. The normalized spacial score (nSPS) is 16.0. The van der Waals surface area contributed by atoms with Crippen molar-refractivity contribution in [2.75, 3.05) is 38.5 Å². The van der Waals surface area contributed by atoms with Crippen LogP contribution in [-0.4, -0.2) is 61.3 Å². The minimum atomic E-state index is -0.366. The number of amides is 2. The molecule has 3 aromatic rings. The first-order chi connectivity index (χ1) is 19.5. The summed E-state index contributed by atoms with van der Waals surface area (Å²) in [6.07, 6.45) is 0.792. The maximum absolute atomic E-state index is 13.8. The molecular weight excluding hydrogens is 540 g/mol. The van der Waals surface area contributed by atoms with Gasteiger partial charge in [0.1, 0.15) is 18.1 Å². The van der Waals surface area contributed by atoms with Gasteiger partial charge < -0.3 is 19.5 Å². The first kappa shape index (κ1) is 30.3. The van der Waals surface area contributed by atoms with E-state index in [1.54, 1.807) is 30.9 Å². The molecule has 2 atom stereocenters. The van der Waals surface area contributed by atoms with Gasteiger partial charge in [0.15, 0.2) is 11.5 Å². The number of methoxy groups -OCH3 is 3. The second kappa shape index (κ2) is 12.5. The van der Waals surface area contributed by atoms with Crippen LogP contribution in [-0.2, 0) is 15.0 Å². The number of ether oxygens (including phenoxy) is 3. The van der Waals surface area contributed by atoms with Gasteiger partial charge in [-0.1, -0.05) is 33.8 Å². The molecule has 220 valence electrons. The van der Waals surface area contributed by atoms with Crippen molar-refractivity contribution in [2.45, 2.75) is 57.7 Å². The molecule has 2 amide bonds. The van der Waals surface area contributed by atoms with E-state index >= 15 is 0 Å². The van der Waals surface area contributed by atoms with Crippen LogP contribution in [0.1, 0.15) is 63.1 Å². The van der Waals surface area contributed by atoms with Crippen molar-refractivity contribution in [3.8, 4) is 22.9 Å². The molecule has 2 heterocycles. The van der Waals surface area contributed by atoms with Crippen molar-refractivity contribution in [2.24, 2.45) is 0 Å². The lowest BCUT2D eigenvalue weighted by molar-refractivity contribution is -0.123. The largest absolute Gasteiger partial charge is 0.497 e. The van der Waals surface area contributed by atoms with Crippen molar-refractivity contribution >= 4 is 29.4 Å². The number of nitrogens with zero attached hydrogens (tertiary/aromatic N) is 3. The molecular formula is C31H40N4O5S. The molecule has 1 aliphatic heterocycles. The Morgan fingerprint density at radius 1 is 1.07 bits per heavy atom. The van der Waals surface area contributed by atoms with Gasteiger partial charge in [-0.15, -0.1) is 11.8 Å². The maximum atomic E-state index is 13.8. The maximum Gasteiger partial charge on any atom is 0.240 e. The van der Waals surface area contributed by atoms with Gasteiger partial charge in [-0.3, -0.25) is 14.5 Å². The fourth-order valence-corrected chi connectivity index (χ4v) is 6.01. The predicted octanol–water partition coefficient (Wildman–Crippen LogP) is 5.28. The summed E-state index contributed by atoms with van der Waals surface area (Å²) in [6.45, 7) is 10.2. The molecule has 4 rings (SSSR count). The highest BCUT2D eigenvalue weighted by Crippen LogP contribution is 2.49. The summed E-state index contributed by atoms with van der Waals surface area (Å²) < 4.78 is 18.3. The molecule has 1 aromatic heterocycles. The van der Waals surface area contributed by atoms with Crippen LogP contribution < -0.4 is 24.4 Å². The molecule has 0 unspecified atom stereocenters. The molecule has 0 saturated heterocycles. The SMILES string of the molecule is CC[C@@H](C)NC(=O)CN1C(=O)CS[C@H](c2ccc(OC)c(OC)c2)c2c(C(C)(C)C)nn(-c3ccc(OC)cc3)c21. The quantitative estimate of drug-likeness (QED) is 0.368. The minimum Gasteiger partial charge on any atom is -0.497 e. The Bertz CT molecular complexity index is 1400. The summed E-state index contributed by atoms with van der Waals surface area (Å²) in [5, 5.41) is 7.89. The van der Waals surface area contributed by atoms with Crippen LogP contribution in [0.2, 0.25) is 0 Å². The van der Waals surface area contributed by atoms with Crippen LogP contribution in [0.3, 0.4) is 0 Å². The average Bonchev–Trinajstić information content (AvgIpc) is 3.30. The Kier molecular flexibility index (Phi) is 9.21. The van der Waals surface area contributed by atoms with E-state index < -0.39 is 0 Å². The number of aromatic nitrogens is 2. The molecule has 0 radical (unpaired) electrons. The highest BCUT2D eigenvalue weighted by atomic mass is 32.2. The van der Waals surface area contributed by atoms with Gasteiger partial charge in [0, 0.05) is 17.0 Å². The second-order valence-corrected chi connectivity index (χ2v) is 12.2. The molecule has 10 heteroatoms. The number of rotatable bonds is 9. The van der Waals surface area contributed by atoms with E-state index in [9.17, 15) is 9.59 Å². The lowest BCUT2D eigenvalue weighted by Gasteiger charge is -2.25. The first-order valence-corrected chi connectivity index (χ1v) is 14.8. The highest BCUT2D eigenvalue weighted by Gasteiger charge is 2.40. The third-order valence-corrected chi connectivity index (χ3v) is 8.40. The van der Waals surface area contributed by atoms with E-state index in [0.717, 1.165) is 28.9 Å². The molecule has 0 bridgehead atoms. The Morgan fingerprint density at radius 3 is 2.34 bits per heavy atom. The zero-order chi connectivity index (χ0) is 29.9. The van der Waals surface area contributed by atoms with Crippen LogP contribution >= 0.6 is 11.8 Å². The fourth-order valence-electron chi connectivity index (χ4n) is 4.82. The average molecular weight is 581 g/mol. The zero-order valence-electron chi connectivity index (χ0n) is 25.1. The summed E-state index contributed by atoms with van der Waals surface area (Å²) in [5.41, 5.74) is 3.09. The smallest absolute Gasteiger partial charge is 0.240 e. The van der Waals surface area contributed by atoms with Crippen LogP contribution in [0.25, 0.3) is 5.69 Å². The van der Waals surface area contributed by atoms with Gasteiger partial charge in [-0.2, -0.15) is 5.10 Å². The second-order valence-electron chi connectivity index (χ2n) is 11.1. The molecule has 41 heavy (non-hydrogen) atoms. The van der Waals surface area contributed by atoms with Crippen molar-refractivity contribution in [1.82, 2.24) is 15.1 Å². The lowest BCUT2D eigenvalue weighted by Crippen LogP contribution is -2.44. The molecule has 2 aromatic carbocycles. The summed E-state index contributed by atoms with van der Waals surface area (Å²) in [7, 11) is 4.83. The number of benzene rings is 2. The van der Waals surface area contributed by atoms with Gasteiger partial charge in [0.2, 0.25) is 11.8 Å². The third kappa shape index (κ3) is 6.32. The number of carbonyl (C=O) groups excluding carboxylic acids is 2. The number of nitrogens with one attached hydrogen (secondary N) is 1. The van der Waals surface area contributed by atoms with Crippen LogP contribution in [0.15, 0.2) is 42.5 Å². The van der Waals surface area contributed by atoms with Crippen molar-refractivity contribution in [1.29, 1.82) is 0 Å². The van der Waals surface area contributed by atoms with Crippen LogP contribution in [0.4, 0.5) is 5.82 Å². The molecule has 0 fully saturated rings. The lowest BCUT2D eigenvalue weighted by atomic mass is 9.87. The molecule has 0 spiro atoms. The molecule has 1 N–H and O–H groups in total. The number of thioether (sulfide) groups is 1. The summed E-state index contributed by atoms with van der Waals surface area (Å²) in [5.74, 6) is 2.35. The van der Waals surface area contributed by atoms with E-state index in [4.69, 9.17) is 19.3 Å². The van der Waals surface area contributed by atoms with Crippen LogP contribution in [0.5, 0.6) is 17.2 Å². The van der Waals surface area contributed by atoms with E-state index in [1.807, 2.05) is 56.3 Å². The van der Waals surface area contributed by atoms with E-state index in [-0.39, 0.29) is 40.8 Å². The van der Waals surface area contributed by atoms with Gasteiger partial charge in [0.05, 0.1) is 43.7 Å². The number of anilines is 1. The van der Waals surface area contributed by atoms with Crippen molar-refractivity contribution in [3.63, 3.8) is 0 Å². The number of hydrogen-bond donors (Lipinski definition) is 1. The van der Waals surface area contributed by atoms with Gasteiger partial charge in [-0.25, -0.2) is 4.68 Å². The van der Waals surface area contributed by atoms with E-state index in [2.05, 4.69) is 26.1 Å². The van der Waals surface area contributed by atoms with Gasteiger partial charge >= 0.3 is 0 Å². The van der Waals surface area contributed by atoms with Crippen LogP contribution in [0, 0.1) is 0 Å². The van der Waals surface area contributed by atoms with E-state index in [0.29, 0.717) is 23.1 Å². The number of fused-ring (bicyclic) bond motifs is 1. The molecule has 0 aliphatic carbocycles. The predicted molar refractivity (Wildman–Crippen MR) is 163 cm³/mol. The zero-order valence-corrected chi connectivity index (χ0v) is 25.9. The first-order valence-electron chi connectivity index (χ1n) is 13.7. The van der Waals surface area contributed by atoms with E-state index in [1.165, 1.54) is 11.8 Å². The minimum absolute atomic E-state index is 0.00503. The molecule has 0 saturated carbocycles. The van der Waals surface area contributed by atoms with Crippen molar-refractivity contribution < 1.29 is 23.8 Å². The summed E-state index contributed by atoms with van der Waals surface area (Å²) in [6, 6.07) is 13.4. The third-order valence-electron chi connectivity index (χ3n) is 7.15. The summed E-state index contributed by atoms with van der Waals surface area (Å²) >= 11 is 1.52. The molecule has 9 nitrogen and oxygen atoms in total. The van der Waals surface area contributed by atoms with Gasteiger partial charge in [0.25, 0.3) is 0 Å². The molecule has 1 aliphatic rings. The highest BCUT2D eigenvalue weighted by molar-refractivity contribution is 8.00. The Balaban J connectivity index is 1.99. The topological polar surface area (TPSA) is 94.9 Å². The standard InChI is InChI=1S/C31H40N4O5S/c1-9-19(2)32-25(36)17-34-26(37)18-41-28(20-10-15-23(39-7)24(16-20)40-8)27-29(31(3,4)5)33-35(30(27)34)21-11-13-22(38-6)14-12-21/h10-16,19,28H,9,17-18H2,1-8H3,(H,32,36)/t19-,28-/m1/s1. The Morgan fingerprint density at radius 2 is 1.76 bits per heavy atom. The summed E-state index contributed by atoms with van der Waals surface area (Å²) in [4.78, 5) is 28.6. The monoisotopic (exact) mass is 580 g/mol. The Labute approximate surface area is 246 Å². The number of carbonyl (C=O) groups is 2. The number of hydrogen-bond acceptors (Lipinski definition) is 7. The van der Waals surface area contributed by atoms with Gasteiger partial charge in [-0.05, 0) is 55.3 Å². The van der Waals surface area contributed by atoms with Crippen molar-refractivity contribution in [3.05, 3.63) is 59.3 Å².